The first kappa shape index (κ1) is 18.0. The molecule has 1 N–H and O–H groups in total. The number of halogens is 2. The maximum atomic E-state index is 13.2. The molecule has 0 radical (unpaired) electrons. The van der Waals surface area contributed by atoms with Crippen LogP contribution in [0.5, 0.6) is 0 Å². The molecule has 0 amide bonds. The zero-order chi connectivity index (χ0) is 20.0. The van der Waals surface area contributed by atoms with Gasteiger partial charge in [0.05, 0.1) is 6.10 Å². The van der Waals surface area contributed by atoms with Gasteiger partial charge in [-0.15, -0.1) is 0 Å². The summed E-state index contributed by atoms with van der Waals surface area (Å²) in [6.45, 7) is 0. The molecule has 4 nitrogen and oxygen atoms in total. The minimum atomic E-state index is -0.737. The number of aliphatic imine (C=N–C) groups is 2. The molecular weight excluding hydrogens is 389 g/mol. The van der Waals surface area contributed by atoms with E-state index in [9.17, 15) is 9.50 Å². The van der Waals surface area contributed by atoms with Crippen LogP contribution in [0.3, 0.4) is 0 Å². The lowest BCUT2D eigenvalue weighted by atomic mass is 9.90. The van der Waals surface area contributed by atoms with E-state index in [1.807, 2.05) is 41.1 Å². The fourth-order valence-corrected chi connectivity index (χ4v) is 4.22. The summed E-state index contributed by atoms with van der Waals surface area (Å²) >= 11 is 6.49. The lowest BCUT2D eigenvalue weighted by Crippen LogP contribution is -2.22. The molecule has 2 aliphatic heterocycles. The first-order chi connectivity index (χ1) is 14.1. The average Bonchev–Trinajstić information content (AvgIpc) is 3.37. The lowest BCUT2D eigenvalue weighted by Gasteiger charge is -2.24. The van der Waals surface area contributed by atoms with Crippen LogP contribution < -0.4 is 0 Å². The molecule has 6 heteroatoms. The van der Waals surface area contributed by atoms with E-state index in [4.69, 9.17) is 11.6 Å². The molecule has 0 saturated heterocycles. The molecule has 0 fully saturated rings. The van der Waals surface area contributed by atoms with Crippen molar-refractivity contribution in [2.24, 2.45) is 9.98 Å². The molecule has 0 spiro atoms. The van der Waals surface area contributed by atoms with E-state index in [2.05, 4.69) is 9.98 Å². The van der Waals surface area contributed by atoms with Gasteiger partial charge in [-0.05, 0) is 59.5 Å². The Labute approximate surface area is 172 Å². The summed E-state index contributed by atoms with van der Waals surface area (Å²) in [6.07, 6.45) is 5.29. The third kappa shape index (κ3) is 3.22. The number of nitrogens with zero attached hydrogens (tertiary/aromatic N) is 3. The highest BCUT2D eigenvalue weighted by atomic mass is 35.5. The van der Waals surface area contributed by atoms with E-state index in [0.29, 0.717) is 17.0 Å². The molecule has 0 bridgehead atoms. The van der Waals surface area contributed by atoms with Crippen molar-refractivity contribution in [3.63, 3.8) is 0 Å². The van der Waals surface area contributed by atoms with Crippen LogP contribution in [-0.4, -0.2) is 21.8 Å². The summed E-state index contributed by atoms with van der Waals surface area (Å²) < 4.78 is 15.2. The Morgan fingerprint density at radius 1 is 1.10 bits per heavy atom. The zero-order valence-electron chi connectivity index (χ0n) is 15.3. The molecular formula is C23H17ClFN3O. The van der Waals surface area contributed by atoms with Crippen LogP contribution in [0, 0.1) is 5.82 Å². The quantitative estimate of drug-likeness (QED) is 0.625. The summed E-state index contributed by atoms with van der Waals surface area (Å²) in [6, 6.07) is 15.8. The molecule has 5 rings (SSSR count). The highest BCUT2D eigenvalue weighted by molar-refractivity contribution is 6.31. The van der Waals surface area contributed by atoms with Crippen molar-refractivity contribution in [1.82, 2.24) is 4.57 Å². The van der Waals surface area contributed by atoms with Crippen molar-refractivity contribution in [3.8, 4) is 11.1 Å². The number of hydrogen-bond donors (Lipinski definition) is 1. The lowest BCUT2D eigenvalue weighted by molar-refractivity contribution is 0.162. The van der Waals surface area contributed by atoms with Gasteiger partial charge in [0.15, 0.2) is 5.84 Å². The Morgan fingerprint density at radius 2 is 1.90 bits per heavy atom. The Hall–Kier alpha value is -3.02. The molecule has 1 aromatic heterocycles. The zero-order valence-corrected chi connectivity index (χ0v) is 16.1. The van der Waals surface area contributed by atoms with Crippen molar-refractivity contribution < 1.29 is 9.50 Å². The number of aliphatic hydroxyl groups excluding tert-OH is 1. The maximum Gasteiger partial charge on any atom is 0.164 e. The smallest absolute Gasteiger partial charge is 0.164 e. The molecule has 2 aliphatic rings. The van der Waals surface area contributed by atoms with E-state index in [0.717, 1.165) is 28.4 Å². The second-order valence-corrected chi connectivity index (χ2v) is 7.56. The summed E-state index contributed by atoms with van der Waals surface area (Å²) in [5.74, 6) is 0.535. The van der Waals surface area contributed by atoms with Gasteiger partial charge in [-0.25, -0.2) is 14.4 Å². The van der Waals surface area contributed by atoms with Crippen LogP contribution in [0.4, 0.5) is 4.39 Å². The third-order valence-electron chi connectivity index (χ3n) is 5.37. The van der Waals surface area contributed by atoms with Gasteiger partial charge in [-0.1, -0.05) is 35.9 Å². The molecule has 2 atom stereocenters. The van der Waals surface area contributed by atoms with Crippen molar-refractivity contribution in [2.75, 3.05) is 0 Å². The second-order valence-electron chi connectivity index (χ2n) is 7.15. The molecule has 3 heterocycles. The highest BCUT2D eigenvalue weighted by Crippen LogP contribution is 2.37. The van der Waals surface area contributed by atoms with Crippen molar-refractivity contribution in [1.29, 1.82) is 0 Å². The molecule has 2 unspecified atom stereocenters. The summed E-state index contributed by atoms with van der Waals surface area (Å²) in [5, 5.41) is 11.4. The minimum absolute atomic E-state index is 0.00274. The van der Waals surface area contributed by atoms with Gasteiger partial charge < -0.3 is 9.67 Å². The van der Waals surface area contributed by atoms with Gasteiger partial charge in [0.25, 0.3) is 0 Å². The van der Waals surface area contributed by atoms with Gasteiger partial charge in [0.1, 0.15) is 17.9 Å². The number of allylic oxidation sites excluding steroid dienone is 2. The monoisotopic (exact) mass is 405 g/mol. The van der Waals surface area contributed by atoms with Crippen molar-refractivity contribution in [2.45, 2.75) is 18.4 Å². The SMILES string of the molecule is OC(CC1C=C2N=CN=C2n2cccc21)c1ccc(-c2ccc(F)cc2)cc1Cl. The van der Waals surface area contributed by atoms with E-state index in [1.165, 1.54) is 12.1 Å². The van der Waals surface area contributed by atoms with Gasteiger partial charge in [0, 0.05) is 22.8 Å². The first-order valence-electron chi connectivity index (χ1n) is 9.34. The van der Waals surface area contributed by atoms with Crippen LogP contribution in [0.15, 0.2) is 82.6 Å². The fraction of sp³-hybridized carbons (Fsp3) is 0.130. The molecule has 2 aromatic carbocycles. The highest BCUT2D eigenvalue weighted by Gasteiger charge is 2.28. The number of aromatic nitrogens is 1. The number of aliphatic hydroxyl groups is 1. The first-order valence-corrected chi connectivity index (χ1v) is 9.71. The predicted octanol–water partition coefficient (Wildman–Crippen LogP) is 5.34. The van der Waals surface area contributed by atoms with E-state index >= 15 is 0 Å². The van der Waals surface area contributed by atoms with Crippen LogP contribution in [0.2, 0.25) is 5.02 Å². The van der Waals surface area contributed by atoms with Gasteiger partial charge in [-0.2, -0.15) is 0 Å². The Morgan fingerprint density at radius 3 is 2.69 bits per heavy atom. The molecule has 0 saturated carbocycles. The Bertz CT molecular complexity index is 1180. The molecule has 0 aliphatic carbocycles. The molecule has 3 aromatic rings. The number of rotatable bonds is 4. The Balaban J connectivity index is 1.41. The summed E-state index contributed by atoms with van der Waals surface area (Å²) in [7, 11) is 0. The van der Waals surface area contributed by atoms with Gasteiger partial charge in [-0.3, -0.25) is 0 Å². The van der Waals surface area contributed by atoms with Crippen LogP contribution in [0.1, 0.15) is 29.7 Å². The van der Waals surface area contributed by atoms with Crippen molar-refractivity contribution >= 4 is 23.8 Å². The maximum absolute atomic E-state index is 13.2. The average molecular weight is 406 g/mol. The molecule has 29 heavy (non-hydrogen) atoms. The number of hydrogen-bond acceptors (Lipinski definition) is 3. The standard InChI is InChI=1S/C23H17ClFN3O/c24-19-10-15(14-3-6-17(25)7-4-14)5-8-18(19)22(29)12-16-11-20-23(27-13-26-20)28-9-1-2-21(16)28/h1-11,13,16,22,29H,12H2. The fourth-order valence-electron chi connectivity index (χ4n) is 3.91. The Kier molecular flexibility index (Phi) is 4.42. The second kappa shape index (κ2) is 7.10. The van der Waals surface area contributed by atoms with E-state index < -0.39 is 6.10 Å². The van der Waals surface area contributed by atoms with Gasteiger partial charge in [0.2, 0.25) is 0 Å². The van der Waals surface area contributed by atoms with Crippen LogP contribution in [0.25, 0.3) is 11.1 Å². The van der Waals surface area contributed by atoms with Crippen LogP contribution in [-0.2, 0) is 0 Å². The normalized spacial score (nSPS) is 18.1. The molecule has 144 valence electrons. The third-order valence-corrected chi connectivity index (χ3v) is 5.69. The van der Waals surface area contributed by atoms with Gasteiger partial charge >= 0.3 is 0 Å². The minimum Gasteiger partial charge on any atom is -0.388 e. The van der Waals surface area contributed by atoms with Crippen LogP contribution >= 0.6 is 11.6 Å². The number of benzene rings is 2. The predicted molar refractivity (Wildman–Crippen MR) is 113 cm³/mol. The van der Waals surface area contributed by atoms with E-state index in [1.54, 1.807) is 24.5 Å². The summed E-state index contributed by atoms with van der Waals surface area (Å²) in [4.78, 5) is 8.63. The largest absolute Gasteiger partial charge is 0.388 e. The van der Waals surface area contributed by atoms with E-state index in [-0.39, 0.29) is 11.7 Å². The summed E-state index contributed by atoms with van der Waals surface area (Å²) in [5.41, 5.74) is 4.30. The van der Waals surface area contributed by atoms with Crippen molar-refractivity contribution in [3.05, 3.63) is 94.7 Å². The number of fused-ring (bicyclic) bond motifs is 3. The topological polar surface area (TPSA) is 49.9 Å².